The average Bonchev–Trinajstić information content (AvgIpc) is 3.19. The molecule has 0 amide bonds. The number of benzene rings is 1. The lowest BCUT2D eigenvalue weighted by atomic mass is 10.2. The van der Waals surface area contributed by atoms with Crippen molar-refractivity contribution in [2.24, 2.45) is 0 Å². The Balaban J connectivity index is 1.97. The van der Waals surface area contributed by atoms with Crippen LogP contribution in [0.15, 0.2) is 30.3 Å². The summed E-state index contributed by atoms with van der Waals surface area (Å²) in [5.41, 5.74) is 1.03. The van der Waals surface area contributed by atoms with Gasteiger partial charge in [0.2, 0.25) is 10.0 Å². The quantitative estimate of drug-likeness (QED) is 0.804. The molecule has 1 N–H and O–H groups in total. The smallest absolute Gasteiger partial charge is 0.214 e. The van der Waals surface area contributed by atoms with Crippen LogP contribution in [0.1, 0.15) is 18.4 Å². The van der Waals surface area contributed by atoms with Crippen molar-refractivity contribution in [3.8, 4) is 0 Å². The van der Waals surface area contributed by atoms with Crippen LogP contribution >= 0.6 is 0 Å². The fraction of sp³-hybridized carbons (Fsp3) is 0.538. The van der Waals surface area contributed by atoms with E-state index in [2.05, 4.69) is 0 Å². The Morgan fingerprint density at radius 1 is 1.22 bits per heavy atom. The molecule has 18 heavy (non-hydrogen) atoms. The summed E-state index contributed by atoms with van der Waals surface area (Å²) in [5.74, 6) is 0.119. The molecule has 2 rings (SSSR count). The molecule has 100 valence electrons. The number of hydrogen-bond donors (Lipinski definition) is 1. The Morgan fingerprint density at radius 2 is 1.89 bits per heavy atom. The van der Waals surface area contributed by atoms with E-state index in [0.717, 1.165) is 18.4 Å². The van der Waals surface area contributed by atoms with E-state index in [0.29, 0.717) is 6.42 Å². The maximum Gasteiger partial charge on any atom is 0.214 e. The Kier molecular flexibility index (Phi) is 4.37. The van der Waals surface area contributed by atoms with Crippen LogP contribution in [0.25, 0.3) is 0 Å². The fourth-order valence-electron chi connectivity index (χ4n) is 2.02. The second-order valence-corrected chi connectivity index (χ2v) is 6.66. The summed E-state index contributed by atoms with van der Waals surface area (Å²) in [6.07, 6.45) is 2.37. The van der Waals surface area contributed by atoms with Crippen molar-refractivity contribution in [3.05, 3.63) is 35.9 Å². The molecule has 5 heteroatoms. The van der Waals surface area contributed by atoms with Gasteiger partial charge < -0.3 is 5.11 Å². The first kappa shape index (κ1) is 13.5. The standard InChI is InChI=1S/C13H19NO3S/c15-10-9-14(13-6-7-13)18(16,17)11-8-12-4-2-1-3-5-12/h1-5,13,15H,6-11H2. The van der Waals surface area contributed by atoms with Crippen LogP contribution in [0, 0.1) is 0 Å². The van der Waals surface area contributed by atoms with E-state index in [9.17, 15) is 8.42 Å². The van der Waals surface area contributed by atoms with E-state index >= 15 is 0 Å². The third kappa shape index (κ3) is 3.54. The molecule has 0 bridgehead atoms. The minimum absolute atomic E-state index is 0.110. The molecule has 0 aromatic heterocycles. The zero-order valence-corrected chi connectivity index (χ0v) is 11.1. The van der Waals surface area contributed by atoms with E-state index in [1.165, 1.54) is 4.31 Å². The molecule has 0 unspecified atom stereocenters. The Morgan fingerprint density at radius 3 is 2.44 bits per heavy atom. The number of sulfonamides is 1. The van der Waals surface area contributed by atoms with Crippen LogP contribution < -0.4 is 0 Å². The Bertz CT molecular complexity index is 468. The number of hydrogen-bond acceptors (Lipinski definition) is 3. The largest absolute Gasteiger partial charge is 0.395 e. The Labute approximate surface area is 108 Å². The molecule has 4 nitrogen and oxygen atoms in total. The van der Waals surface area contributed by atoms with Gasteiger partial charge in [0.15, 0.2) is 0 Å². The molecule has 1 fully saturated rings. The molecule has 0 saturated heterocycles. The molecule has 1 aliphatic rings. The van der Waals surface area contributed by atoms with Gasteiger partial charge in [-0.25, -0.2) is 8.42 Å². The summed E-state index contributed by atoms with van der Waals surface area (Å²) < 4.78 is 25.8. The molecular formula is C13H19NO3S. The first-order valence-electron chi connectivity index (χ1n) is 6.28. The minimum atomic E-state index is -3.25. The summed E-state index contributed by atoms with van der Waals surface area (Å²) in [4.78, 5) is 0. The molecule has 1 aliphatic carbocycles. The van der Waals surface area contributed by atoms with Gasteiger partial charge in [0.05, 0.1) is 12.4 Å². The molecule has 0 aliphatic heterocycles. The van der Waals surface area contributed by atoms with Crippen molar-refractivity contribution >= 4 is 10.0 Å². The van der Waals surface area contributed by atoms with Gasteiger partial charge in [-0.05, 0) is 24.8 Å². The predicted molar refractivity (Wildman–Crippen MR) is 70.7 cm³/mol. The van der Waals surface area contributed by atoms with Crippen LogP contribution in [-0.4, -0.2) is 42.8 Å². The number of aliphatic hydroxyl groups is 1. The average molecular weight is 269 g/mol. The first-order chi connectivity index (χ1) is 8.63. The third-order valence-corrected chi connectivity index (χ3v) is 5.04. The van der Waals surface area contributed by atoms with Crippen molar-refractivity contribution < 1.29 is 13.5 Å². The van der Waals surface area contributed by atoms with Gasteiger partial charge in [0.25, 0.3) is 0 Å². The van der Waals surface area contributed by atoms with E-state index in [1.54, 1.807) is 0 Å². The highest BCUT2D eigenvalue weighted by atomic mass is 32.2. The molecule has 1 saturated carbocycles. The van der Waals surface area contributed by atoms with Gasteiger partial charge in [-0.1, -0.05) is 30.3 Å². The molecule has 0 radical (unpaired) electrons. The van der Waals surface area contributed by atoms with E-state index in [4.69, 9.17) is 5.11 Å². The van der Waals surface area contributed by atoms with Crippen molar-refractivity contribution in [1.29, 1.82) is 0 Å². The maximum atomic E-state index is 12.2. The van der Waals surface area contributed by atoms with Crippen molar-refractivity contribution in [3.63, 3.8) is 0 Å². The predicted octanol–water partition coefficient (Wildman–Crippen LogP) is 1.02. The van der Waals surface area contributed by atoms with Crippen LogP contribution in [0.3, 0.4) is 0 Å². The number of aliphatic hydroxyl groups excluding tert-OH is 1. The van der Waals surface area contributed by atoms with Gasteiger partial charge in [0.1, 0.15) is 0 Å². The molecule has 1 aromatic rings. The SMILES string of the molecule is O=S(=O)(CCc1ccccc1)N(CCO)C1CC1. The Hall–Kier alpha value is -0.910. The highest BCUT2D eigenvalue weighted by molar-refractivity contribution is 7.89. The second-order valence-electron chi connectivity index (χ2n) is 4.62. The van der Waals surface area contributed by atoms with Crippen LogP contribution in [0.2, 0.25) is 0 Å². The topological polar surface area (TPSA) is 57.6 Å². The summed E-state index contributed by atoms with van der Waals surface area (Å²) in [7, 11) is -3.25. The van der Waals surface area contributed by atoms with Crippen LogP contribution in [-0.2, 0) is 16.4 Å². The fourth-order valence-corrected chi connectivity index (χ4v) is 3.77. The van der Waals surface area contributed by atoms with Gasteiger partial charge in [-0.3, -0.25) is 0 Å². The van der Waals surface area contributed by atoms with Crippen LogP contribution in [0.5, 0.6) is 0 Å². The molecule has 0 atom stereocenters. The van der Waals surface area contributed by atoms with Gasteiger partial charge >= 0.3 is 0 Å². The van der Waals surface area contributed by atoms with Gasteiger partial charge in [-0.2, -0.15) is 4.31 Å². The summed E-state index contributed by atoms with van der Waals surface area (Å²) in [5, 5.41) is 8.96. The molecule has 1 aromatic carbocycles. The molecule has 0 spiro atoms. The van der Waals surface area contributed by atoms with E-state index in [-0.39, 0.29) is 24.9 Å². The number of nitrogens with zero attached hydrogens (tertiary/aromatic N) is 1. The third-order valence-electron chi connectivity index (χ3n) is 3.12. The van der Waals surface area contributed by atoms with Crippen molar-refractivity contribution in [2.45, 2.75) is 25.3 Å². The maximum absolute atomic E-state index is 12.2. The lowest BCUT2D eigenvalue weighted by Gasteiger charge is -2.20. The zero-order chi connectivity index (χ0) is 13.0. The number of rotatable bonds is 7. The summed E-state index contributed by atoms with van der Waals surface area (Å²) in [6.45, 7) is 0.114. The zero-order valence-electron chi connectivity index (χ0n) is 10.3. The van der Waals surface area contributed by atoms with E-state index in [1.807, 2.05) is 30.3 Å². The van der Waals surface area contributed by atoms with Crippen LogP contribution in [0.4, 0.5) is 0 Å². The van der Waals surface area contributed by atoms with Crippen molar-refractivity contribution in [1.82, 2.24) is 4.31 Å². The summed E-state index contributed by atoms with van der Waals surface area (Å²) >= 11 is 0. The molecule has 0 heterocycles. The highest BCUT2D eigenvalue weighted by Gasteiger charge is 2.36. The highest BCUT2D eigenvalue weighted by Crippen LogP contribution is 2.29. The number of aryl methyl sites for hydroxylation is 1. The van der Waals surface area contributed by atoms with Gasteiger partial charge in [-0.15, -0.1) is 0 Å². The summed E-state index contributed by atoms with van der Waals surface area (Å²) in [6, 6.07) is 9.73. The first-order valence-corrected chi connectivity index (χ1v) is 7.89. The lowest BCUT2D eigenvalue weighted by Crippen LogP contribution is -2.37. The monoisotopic (exact) mass is 269 g/mol. The van der Waals surface area contributed by atoms with Crippen molar-refractivity contribution in [2.75, 3.05) is 18.9 Å². The van der Waals surface area contributed by atoms with Gasteiger partial charge in [0, 0.05) is 12.6 Å². The van der Waals surface area contributed by atoms with E-state index < -0.39 is 10.0 Å². The lowest BCUT2D eigenvalue weighted by molar-refractivity contribution is 0.250. The second kappa shape index (κ2) is 5.82. The molecular weight excluding hydrogens is 250 g/mol. The minimum Gasteiger partial charge on any atom is -0.395 e. The normalized spacial score (nSPS) is 16.1.